The van der Waals surface area contributed by atoms with E-state index in [9.17, 15) is 19.8 Å². The summed E-state index contributed by atoms with van der Waals surface area (Å²) in [5, 5.41) is 23.1. The molecule has 6 nitrogen and oxygen atoms in total. The summed E-state index contributed by atoms with van der Waals surface area (Å²) in [4.78, 5) is 24.4. The highest BCUT2D eigenvalue weighted by atomic mass is 16.5. The maximum Gasteiger partial charge on any atom is 0.305 e. The Bertz CT molecular complexity index is 1180. The summed E-state index contributed by atoms with van der Waals surface area (Å²) in [7, 11) is 0. The van der Waals surface area contributed by atoms with E-state index in [1.807, 2.05) is 6.08 Å². The van der Waals surface area contributed by atoms with Crippen LogP contribution in [-0.2, 0) is 14.3 Å². The number of hydrogen-bond acceptors (Lipinski definition) is 5. The Morgan fingerprint density at radius 1 is 0.384 bits per heavy atom. The Labute approximate surface area is 455 Å². The molecule has 0 heterocycles. The highest BCUT2D eigenvalue weighted by molar-refractivity contribution is 5.76. The molecule has 2 atom stereocenters. The third kappa shape index (κ3) is 59.2. The van der Waals surface area contributed by atoms with Crippen molar-refractivity contribution in [1.82, 2.24) is 5.32 Å². The molecule has 0 spiro atoms. The molecule has 73 heavy (non-hydrogen) atoms. The van der Waals surface area contributed by atoms with Crippen LogP contribution in [0.15, 0.2) is 36.5 Å². The molecule has 3 N–H and O–H groups in total. The molecule has 0 aromatic carbocycles. The number of amides is 1. The second kappa shape index (κ2) is 62.6. The molecule has 0 aliphatic heterocycles. The van der Waals surface area contributed by atoms with Crippen LogP contribution < -0.4 is 5.32 Å². The maximum absolute atomic E-state index is 12.4. The minimum atomic E-state index is -0.842. The number of ether oxygens (including phenoxy) is 1. The standard InChI is InChI=1S/C67H127NO5/c1-3-5-7-9-11-13-15-40-43-47-51-55-59-65(70)64(63-69)68-66(71)60-56-52-48-44-41-37-35-33-31-29-27-25-23-21-19-17-16-18-20-22-24-26-28-30-32-34-36-38-42-46-50-54-58-62-73-67(72)61-57-53-49-45-39-14-12-10-8-6-4-2/h20,22,26,28,55,59,64-65,69-70H,3-19,21,23-25,27,29-54,56-58,60-63H2,1-2H3,(H,68,71)/b22-20-,28-26-,59-55+. The number of carbonyl (C=O) groups excluding carboxylic acids is 2. The van der Waals surface area contributed by atoms with Crippen molar-refractivity contribution in [1.29, 1.82) is 0 Å². The minimum Gasteiger partial charge on any atom is -0.466 e. The molecule has 2 unspecified atom stereocenters. The summed E-state index contributed by atoms with van der Waals surface area (Å²) in [5.41, 5.74) is 0. The Morgan fingerprint density at radius 3 is 1.04 bits per heavy atom. The van der Waals surface area contributed by atoms with Crippen molar-refractivity contribution < 1.29 is 24.5 Å². The first-order valence-electron chi connectivity index (χ1n) is 32.8. The zero-order valence-corrected chi connectivity index (χ0v) is 49.1. The van der Waals surface area contributed by atoms with Gasteiger partial charge in [0, 0.05) is 12.8 Å². The van der Waals surface area contributed by atoms with E-state index >= 15 is 0 Å². The lowest BCUT2D eigenvalue weighted by Gasteiger charge is -2.20. The van der Waals surface area contributed by atoms with Crippen molar-refractivity contribution in [2.45, 2.75) is 366 Å². The molecule has 1 amide bonds. The van der Waals surface area contributed by atoms with E-state index in [1.165, 1.54) is 283 Å². The van der Waals surface area contributed by atoms with Gasteiger partial charge in [-0.1, -0.05) is 314 Å². The summed E-state index contributed by atoms with van der Waals surface area (Å²) in [6, 6.07) is -0.625. The number of rotatable bonds is 61. The van der Waals surface area contributed by atoms with E-state index in [-0.39, 0.29) is 18.5 Å². The number of carbonyl (C=O) groups is 2. The fourth-order valence-electron chi connectivity index (χ4n) is 10.1. The Kier molecular flexibility index (Phi) is 61.0. The summed E-state index contributed by atoms with van der Waals surface area (Å²) in [6.45, 7) is 4.90. The molecule has 0 aliphatic carbocycles. The van der Waals surface area contributed by atoms with Gasteiger partial charge in [-0.25, -0.2) is 0 Å². The second-order valence-electron chi connectivity index (χ2n) is 22.5. The van der Waals surface area contributed by atoms with Crippen LogP contribution in [0.3, 0.4) is 0 Å². The normalized spacial score (nSPS) is 12.8. The van der Waals surface area contributed by atoms with E-state index in [2.05, 4.69) is 43.5 Å². The van der Waals surface area contributed by atoms with Crippen molar-refractivity contribution in [3.05, 3.63) is 36.5 Å². The Morgan fingerprint density at radius 2 is 0.685 bits per heavy atom. The number of aliphatic hydroxyl groups excluding tert-OH is 2. The molecular formula is C67H127NO5. The predicted molar refractivity (Wildman–Crippen MR) is 319 cm³/mol. The Balaban J connectivity index is 3.38. The van der Waals surface area contributed by atoms with Gasteiger partial charge in [-0.3, -0.25) is 9.59 Å². The molecule has 0 fully saturated rings. The third-order valence-corrected chi connectivity index (χ3v) is 15.2. The molecule has 0 bridgehead atoms. The first-order chi connectivity index (χ1) is 36.0. The summed E-state index contributed by atoms with van der Waals surface area (Å²) in [6.07, 6.45) is 79.3. The van der Waals surface area contributed by atoms with Gasteiger partial charge in [0.1, 0.15) is 0 Å². The van der Waals surface area contributed by atoms with E-state index in [0.29, 0.717) is 19.4 Å². The van der Waals surface area contributed by atoms with Gasteiger partial charge >= 0.3 is 5.97 Å². The fourth-order valence-corrected chi connectivity index (χ4v) is 10.1. The zero-order chi connectivity index (χ0) is 52.9. The van der Waals surface area contributed by atoms with Gasteiger partial charge in [0.05, 0.1) is 25.4 Å². The van der Waals surface area contributed by atoms with Gasteiger partial charge in [0.25, 0.3) is 0 Å². The minimum absolute atomic E-state index is 0.0136. The van der Waals surface area contributed by atoms with Gasteiger partial charge in [-0.2, -0.15) is 0 Å². The highest BCUT2D eigenvalue weighted by Crippen LogP contribution is 2.17. The average Bonchev–Trinajstić information content (AvgIpc) is 3.39. The number of hydrogen-bond donors (Lipinski definition) is 3. The largest absolute Gasteiger partial charge is 0.466 e. The van der Waals surface area contributed by atoms with E-state index < -0.39 is 12.1 Å². The number of esters is 1. The maximum atomic E-state index is 12.4. The molecule has 0 saturated heterocycles. The smallest absolute Gasteiger partial charge is 0.305 e. The lowest BCUT2D eigenvalue weighted by molar-refractivity contribution is -0.143. The molecule has 430 valence electrons. The van der Waals surface area contributed by atoms with Gasteiger partial charge in [-0.05, 0) is 64.2 Å². The zero-order valence-electron chi connectivity index (χ0n) is 49.1. The topological polar surface area (TPSA) is 95.9 Å². The summed E-state index contributed by atoms with van der Waals surface area (Å²) < 4.78 is 5.47. The van der Waals surface area contributed by atoms with Crippen LogP contribution in [0.1, 0.15) is 354 Å². The van der Waals surface area contributed by atoms with Crippen LogP contribution in [0.5, 0.6) is 0 Å². The van der Waals surface area contributed by atoms with Gasteiger partial charge < -0.3 is 20.3 Å². The number of aliphatic hydroxyl groups is 2. The summed E-state index contributed by atoms with van der Waals surface area (Å²) in [5.74, 6) is -0.0522. The van der Waals surface area contributed by atoms with E-state index in [0.717, 1.165) is 44.9 Å². The van der Waals surface area contributed by atoms with Gasteiger partial charge in [0.2, 0.25) is 5.91 Å². The molecule has 0 saturated carbocycles. The number of unbranched alkanes of at least 4 members (excludes halogenated alkanes) is 46. The Hall–Kier alpha value is -1.92. The van der Waals surface area contributed by atoms with Crippen molar-refractivity contribution in [2.24, 2.45) is 0 Å². The lowest BCUT2D eigenvalue weighted by atomic mass is 10.0. The molecule has 0 aromatic heterocycles. The van der Waals surface area contributed by atoms with E-state index in [4.69, 9.17) is 4.74 Å². The van der Waals surface area contributed by atoms with Crippen molar-refractivity contribution in [3.63, 3.8) is 0 Å². The molecule has 0 aliphatic rings. The first-order valence-corrected chi connectivity index (χ1v) is 32.8. The van der Waals surface area contributed by atoms with E-state index in [1.54, 1.807) is 6.08 Å². The monoisotopic (exact) mass is 1030 g/mol. The molecule has 6 heteroatoms. The molecule has 0 radical (unpaired) electrons. The van der Waals surface area contributed by atoms with Crippen molar-refractivity contribution in [3.8, 4) is 0 Å². The fraction of sp³-hybridized carbons (Fsp3) is 0.881. The molecule has 0 rings (SSSR count). The predicted octanol–water partition coefficient (Wildman–Crippen LogP) is 20.8. The SMILES string of the molecule is CCCCCCCCCCCC/C=C/C(O)C(CO)NC(=O)CCCCCCCCCCCCCCCCCCC/C=C\C/C=C\CCCCCCCCCCCOC(=O)CCCCCCCCCCCCC. The van der Waals surface area contributed by atoms with Gasteiger partial charge in [-0.15, -0.1) is 0 Å². The van der Waals surface area contributed by atoms with Gasteiger partial charge in [0.15, 0.2) is 0 Å². The number of nitrogens with one attached hydrogen (secondary N) is 1. The van der Waals surface area contributed by atoms with Crippen LogP contribution in [0.25, 0.3) is 0 Å². The van der Waals surface area contributed by atoms with Crippen molar-refractivity contribution >= 4 is 11.9 Å². The second-order valence-corrected chi connectivity index (χ2v) is 22.5. The van der Waals surface area contributed by atoms with Crippen LogP contribution in [-0.4, -0.2) is 47.4 Å². The quantitative estimate of drug-likeness (QED) is 0.0320. The van der Waals surface area contributed by atoms with Crippen LogP contribution in [0.4, 0.5) is 0 Å². The first kappa shape index (κ1) is 71.1. The molecule has 0 aromatic rings. The van der Waals surface area contributed by atoms with Crippen LogP contribution >= 0.6 is 0 Å². The third-order valence-electron chi connectivity index (χ3n) is 15.2. The number of allylic oxidation sites excluding steroid dienone is 5. The van der Waals surface area contributed by atoms with Crippen LogP contribution in [0.2, 0.25) is 0 Å². The van der Waals surface area contributed by atoms with Crippen molar-refractivity contribution in [2.75, 3.05) is 13.2 Å². The molecular weight excluding hydrogens is 899 g/mol. The highest BCUT2D eigenvalue weighted by Gasteiger charge is 2.18. The van der Waals surface area contributed by atoms with Crippen LogP contribution in [0, 0.1) is 0 Å². The lowest BCUT2D eigenvalue weighted by Crippen LogP contribution is -2.45. The summed E-state index contributed by atoms with van der Waals surface area (Å²) >= 11 is 0. The average molecular weight is 1030 g/mol.